The second kappa shape index (κ2) is 10.9. The maximum Gasteiger partial charge on any atom is 0.240 e. The van der Waals surface area contributed by atoms with E-state index in [0.29, 0.717) is 17.6 Å². The molecule has 0 radical (unpaired) electrons. The number of hydrogen-bond acceptors (Lipinski definition) is 5. The highest BCUT2D eigenvalue weighted by molar-refractivity contribution is 7.15. The highest BCUT2D eigenvalue weighted by atomic mass is 32.1. The number of amides is 2. The van der Waals surface area contributed by atoms with Crippen molar-refractivity contribution in [2.45, 2.75) is 53.0 Å². The second-order valence-electron chi connectivity index (χ2n) is 8.94. The van der Waals surface area contributed by atoms with Gasteiger partial charge in [0.05, 0.1) is 6.54 Å². The van der Waals surface area contributed by atoms with Gasteiger partial charge in [-0.25, -0.2) is 4.98 Å². The summed E-state index contributed by atoms with van der Waals surface area (Å²) in [5, 5.41) is 6.69. The fourth-order valence-electron chi connectivity index (χ4n) is 3.69. The number of carbonyl (C=O) groups excluding carboxylic acids is 2. The third kappa shape index (κ3) is 7.14. The maximum atomic E-state index is 12.5. The van der Waals surface area contributed by atoms with E-state index in [1.807, 2.05) is 13.1 Å². The Bertz CT molecular complexity index is 887. The number of nitrogens with zero attached hydrogens (tertiary/aromatic N) is 2. The first-order chi connectivity index (χ1) is 14.8. The summed E-state index contributed by atoms with van der Waals surface area (Å²) < 4.78 is 0. The molecule has 1 unspecified atom stereocenters. The molecule has 1 aromatic carbocycles. The zero-order valence-corrected chi connectivity index (χ0v) is 19.8. The van der Waals surface area contributed by atoms with Crippen molar-refractivity contribution < 1.29 is 9.59 Å². The first-order valence-electron chi connectivity index (χ1n) is 11.1. The van der Waals surface area contributed by atoms with Crippen molar-refractivity contribution in [3.05, 3.63) is 46.5 Å². The summed E-state index contributed by atoms with van der Waals surface area (Å²) in [4.78, 5) is 32.5. The molecular formula is C24H34N4O2S. The molecule has 2 N–H and O–H groups in total. The smallest absolute Gasteiger partial charge is 0.240 e. The minimum Gasteiger partial charge on any atom is -0.353 e. The summed E-state index contributed by atoms with van der Waals surface area (Å²) in [6.45, 7) is 10.2. The molecule has 1 saturated heterocycles. The Morgan fingerprint density at radius 3 is 2.65 bits per heavy atom. The van der Waals surface area contributed by atoms with Crippen molar-refractivity contribution >= 4 is 28.3 Å². The van der Waals surface area contributed by atoms with Crippen molar-refractivity contribution in [1.29, 1.82) is 0 Å². The summed E-state index contributed by atoms with van der Waals surface area (Å²) in [5.41, 5.74) is 2.49. The fraction of sp³-hybridized carbons (Fsp3) is 0.542. The predicted octanol–water partition coefficient (Wildman–Crippen LogP) is 3.85. The quantitative estimate of drug-likeness (QED) is 0.651. The van der Waals surface area contributed by atoms with Crippen molar-refractivity contribution in [3.63, 3.8) is 0 Å². The molecule has 7 heteroatoms. The van der Waals surface area contributed by atoms with E-state index >= 15 is 0 Å². The van der Waals surface area contributed by atoms with E-state index in [4.69, 9.17) is 0 Å². The first kappa shape index (κ1) is 23.4. The summed E-state index contributed by atoms with van der Waals surface area (Å²) in [5.74, 6) is 0.571. The number of carbonyl (C=O) groups is 2. The van der Waals surface area contributed by atoms with Crippen LogP contribution in [0.4, 0.5) is 5.13 Å². The van der Waals surface area contributed by atoms with Crippen LogP contribution >= 0.6 is 11.3 Å². The standard InChI is InChI=1S/C24H34N4O2S/c1-16(2)18(4)26-23(30)20-8-10-28(11-9-20)15-22(29)27-24-25-14-21(31-24)13-19-7-5-6-17(3)12-19/h5-7,12,14,16,18,20H,8-11,13,15H2,1-4H3,(H,26,30)(H,25,27,29). The van der Waals surface area contributed by atoms with Gasteiger partial charge >= 0.3 is 0 Å². The van der Waals surface area contributed by atoms with Gasteiger partial charge in [0.25, 0.3) is 0 Å². The third-order valence-electron chi connectivity index (χ3n) is 5.96. The van der Waals surface area contributed by atoms with E-state index in [9.17, 15) is 9.59 Å². The monoisotopic (exact) mass is 442 g/mol. The third-order valence-corrected chi connectivity index (χ3v) is 6.87. The van der Waals surface area contributed by atoms with Gasteiger partial charge in [0.2, 0.25) is 11.8 Å². The fourth-order valence-corrected chi connectivity index (χ4v) is 4.56. The van der Waals surface area contributed by atoms with Crippen LogP contribution in [0, 0.1) is 18.8 Å². The molecule has 1 aliphatic heterocycles. The predicted molar refractivity (Wildman–Crippen MR) is 126 cm³/mol. The SMILES string of the molecule is Cc1cccc(Cc2cnc(NC(=O)CN3CCC(C(=O)NC(C)C(C)C)CC3)s2)c1. The van der Waals surface area contributed by atoms with Gasteiger partial charge in [0, 0.05) is 29.5 Å². The van der Waals surface area contributed by atoms with Crippen LogP contribution in [0.5, 0.6) is 0 Å². The summed E-state index contributed by atoms with van der Waals surface area (Å²) in [6.07, 6.45) is 4.24. The molecule has 2 amide bonds. The van der Waals surface area contributed by atoms with Crippen LogP contribution < -0.4 is 10.6 Å². The van der Waals surface area contributed by atoms with Gasteiger partial charge in [0.1, 0.15) is 0 Å². The molecule has 0 bridgehead atoms. The van der Waals surface area contributed by atoms with Crippen LogP contribution in [0.15, 0.2) is 30.5 Å². The molecule has 0 spiro atoms. The van der Waals surface area contributed by atoms with Crippen LogP contribution in [0.2, 0.25) is 0 Å². The largest absolute Gasteiger partial charge is 0.353 e. The van der Waals surface area contributed by atoms with E-state index in [-0.39, 0.29) is 23.8 Å². The first-order valence-corrected chi connectivity index (χ1v) is 11.9. The van der Waals surface area contributed by atoms with Gasteiger partial charge in [0.15, 0.2) is 5.13 Å². The minimum absolute atomic E-state index is 0.0451. The minimum atomic E-state index is -0.0483. The Morgan fingerprint density at radius 1 is 1.23 bits per heavy atom. The topological polar surface area (TPSA) is 74.3 Å². The molecule has 0 aliphatic carbocycles. The van der Waals surface area contributed by atoms with E-state index in [0.717, 1.165) is 37.2 Å². The number of aryl methyl sites for hydroxylation is 1. The molecular weight excluding hydrogens is 408 g/mol. The number of thiazole rings is 1. The molecule has 2 aromatic rings. The molecule has 1 aromatic heterocycles. The van der Waals surface area contributed by atoms with Crippen LogP contribution in [0.1, 0.15) is 49.6 Å². The summed E-state index contributed by atoms with van der Waals surface area (Å²) in [7, 11) is 0. The zero-order valence-electron chi connectivity index (χ0n) is 19.0. The lowest BCUT2D eigenvalue weighted by atomic mass is 9.95. The number of anilines is 1. The van der Waals surface area contributed by atoms with Gasteiger partial charge < -0.3 is 10.6 Å². The second-order valence-corrected chi connectivity index (χ2v) is 10.1. The Hall–Kier alpha value is -2.25. The van der Waals surface area contributed by atoms with E-state index in [2.05, 4.69) is 65.6 Å². The van der Waals surface area contributed by atoms with Crippen LogP contribution in [0.25, 0.3) is 0 Å². The Balaban J connectivity index is 1.42. The number of likely N-dealkylation sites (tertiary alicyclic amines) is 1. The number of rotatable bonds is 8. The van der Waals surface area contributed by atoms with E-state index in [1.54, 1.807) is 0 Å². The van der Waals surface area contributed by atoms with E-state index < -0.39 is 0 Å². The molecule has 3 rings (SSSR count). The van der Waals surface area contributed by atoms with Gasteiger partial charge in [-0.2, -0.15) is 0 Å². The zero-order chi connectivity index (χ0) is 22.4. The van der Waals surface area contributed by atoms with Crippen molar-refractivity contribution in [3.8, 4) is 0 Å². The highest BCUT2D eigenvalue weighted by Crippen LogP contribution is 2.22. The van der Waals surface area contributed by atoms with Crippen LogP contribution in [-0.4, -0.2) is 47.4 Å². The van der Waals surface area contributed by atoms with Crippen molar-refractivity contribution in [2.75, 3.05) is 25.0 Å². The normalized spacial score (nSPS) is 16.3. The summed E-state index contributed by atoms with van der Waals surface area (Å²) in [6, 6.07) is 8.62. The van der Waals surface area contributed by atoms with E-state index in [1.165, 1.54) is 22.5 Å². The van der Waals surface area contributed by atoms with Gasteiger partial charge in [-0.05, 0) is 51.3 Å². The molecule has 1 fully saturated rings. The van der Waals surface area contributed by atoms with Gasteiger partial charge in [-0.1, -0.05) is 43.7 Å². The average molecular weight is 443 g/mol. The molecule has 1 atom stereocenters. The number of benzene rings is 1. The molecule has 31 heavy (non-hydrogen) atoms. The summed E-state index contributed by atoms with van der Waals surface area (Å²) >= 11 is 1.52. The number of aromatic nitrogens is 1. The Labute approximate surface area is 189 Å². The molecule has 2 heterocycles. The molecule has 0 saturated carbocycles. The lowest BCUT2D eigenvalue weighted by molar-refractivity contribution is -0.127. The number of hydrogen-bond donors (Lipinski definition) is 2. The lowest BCUT2D eigenvalue weighted by Gasteiger charge is -2.31. The van der Waals surface area contributed by atoms with Crippen LogP contribution in [-0.2, 0) is 16.0 Å². The van der Waals surface area contributed by atoms with Crippen LogP contribution in [0.3, 0.4) is 0 Å². The van der Waals surface area contributed by atoms with Crippen molar-refractivity contribution in [2.24, 2.45) is 11.8 Å². The molecule has 6 nitrogen and oxygen atoms in total. The molecule has 1 aliphatic rings. The number of nitrogens with one attached hydrogen (secondary N) is 2. The lowest BCUT2D eigenvalue weighted by Crippen LogP contribution is -2.45. The van der Waals surface area contributed by atoms with Gasteiger partial charge in [-0.3, -0.25) is 14.5 Å². The van der Waals surface area contributed by atoms with Gasteiger partial charge in [-0.15, -0.1) is 11.3 Å². The Kier molecular flexibility index (Phi) is 8.21. The molecule has 168 valence electrons. The maximum absolute atomic E-state index is 12.5. The van der Waals surface area contributed by atoms with Crippen molar-refractivity contribution in [1.82, 2.24) is 15.2 Å². The Morgan fingerprint density at radius 2 is 1.97 bits per heavy atom. The number of piperidine rings is 1. The highest BCUT2D eigenvalue weighted by Gasteiger charge is 2.27. The average Bonchev–Trinajstić information content (AvgIpc) is 3.14.